The van der Waals surface area contributed by atoms with Crippen LogP contribution in [-0.4, -0.2) is 296 Å². The van der Waals surface area contributed by atoms with Crippen molar-refractivity contribution in [3.8, 4) is 11.3 Å². The van der Waals surface area contributed by atoms with Crippen molar-refractivity contribution in [2.45, 2.75) is 231 Å². The molecular formula is C92H139N15O23. The molecule has 4 amide bonds. The SMILES string of the molecule is CO[C@H]1C[C@@H]2CC[C@@H](C)[C@@](O)(O2)C(=O)C(=O)N2CCCC[C@H]2C(=O)O[C@H]([C@H](N)C[C@@H]2CC[C@H](n3cc(CCCC(=O)NCCOCCOCCOCCC(=O)NCCOCCOCCOCCOCCC(=O)NCCCCn4nc(-c5ccc6oc(N)nc6c5)c5c(N)ncnc54)nn3)[C@H](OC)C2)CC(=O)[C@H](C)/C=C(\C)[C@@H](O)[C@@H](OC)C(=O)[C@H](C)C[C@H](C)/C=C/C=C/C=C/1C. The summed E-state index contributed by atoms with van der Waals surface area (Å²) >= 11 is 0. The summed E-state index contributed by atoms with van der Waals surface area (Å²) in [6.07, 6.45) is 16.7. The van der Waals surface area contributed by atoms with Gasteiger partial charge in [-0.25, -0.2) is 24.1 Å². The molecule has 7 heterocycles. The van der Waals surface area contributed by atoms with Gasteiger partial charge in [0.1, 0.15) is 53.5 Å². The van der Waals surface area contributed by atoms with E-state index in [2.05, 4.69) is 41.2 Å². The number of carbonyl (C=O) groups excluding carboxylic acids is 8. The maximum absolute atomic E-state index is 14.8. The number of fused-ring (bicyclic) bond motifs is 5. The summed E-state index contributed by atoms with van der Waals surface area (Å²) in [6.45, 7) is 16.9. The number of hydrogen-bond acceptors (Lipinski definition) is 32. The first-order chi connectivity index (χ1) is 62.7. The van der Waals surface area contributed by atoms with E-state index in [1.54, 1.807) is 63.4 Å². The van der Waals surface area contributed by atoms with E-state index in [0.717, 1.165) is 28.9 Å². The van der Waals surface area contributed by atoms with E-state index in [9.17, 15) is 48.6 Å². The maximum Gasteiger partial charge on any atom is 0.329 e. The number of nitrogens with two attached hydrogens (primary N) is 3. The number of aliphatic hydroxyl groups is 2. The van der Waals surface area contributed by atoms with Crippen LogP contribution in [0.3, 0.4) is 0 Å². The first kappa shape index (κ1) is 104. The molecule has 11 N–H and O–H groups in total. The lowest BCUT2D eigenvalue weighted by Gasteiger charge is -2.42. The molecule has 5 aromatic rings. The van der Waals surface area contributed by atoms with Crippen LogP contribution in [0.4, 0.5) is 11.8 Å². The van der Waals surface area contributed by atoms with Crippen molar-refractivity contribution in [2.75, 3.05) is 151 Å². The highest BCUT2D eigenvalue weighted by Crippen LogP contribution is 2.40. The van der Waals surface area contributed by atoms with Crippen LogP contribution >= 0.6 is 0 Å². The van der Waals surface area contributed by atoms with E-state index >= 15 is 0 Å². The number of carbonyl (C=O) groups is 8. The number of cyclic esters (lactones) is 1. The van der Waals surface area contributed by atoms with Crippen LogP contribution in [0.1, 0.15) is 169 Å². The van der Waals surface area contributed by atoms with E-state index in [0.29, 0.717) is 221 Å². The lowest BCUT2D eigenvalue weighted by molar-refractivity contribution is -0.265. The third-order valence-corrected chi connectivity index (χ3v) is 24.3. The van der Waals surface area contributed by atoms with Gasteiger partial charge in [0.2, 0.25) is 23.5 Å². The van der Waals surface area contributed by atoms with Gasteiger partial charge in [-0.05, 0) is 145 Å². The predicted octanol–water partition coefficient (Wildman–Crippen LogP) is 6.50. The normalized spacial score (nSPS) is 26.1. The van der Waals surface area contributed by atoms with Crippen molar-refractivity contribution in [3.05, 3.63) is 84.0 Å². The standard InChI is InChI=1S/C92H139N15O23/c1-59-18-11-10-12-19-60(2)75(118-7)55-68-26-23-64(6)92(117,130-68)86(114)89(115)105-34-15-13-21-72(105)90(116)128-76(56-73(108)61(3)51-63(5)84(113)85(120-9)83(112)62(4)50-59)69(93)52-65-24-27-71(77(53-65)119-8)107-57-67(102-104-107)20-17-22-78(109)97-32-38-123-42-46-125-44-40-122-37-30-80(111)98-33-39-124-43-47-127-49-48-126-45-41-121-36-29-79(110)96-31-14-16-35-106-88-81(87(94)99-58-100-88)82(103-106)66-25-28-74-70(54-66)101-91(95)129-74/h10-12,18-19,25,28,51,54,57-59,61-62,64-65,68-69,71-72,75-77,84-85,113,117H,13-17,20-24,26-27,29-50,52-53,55-56,93H2,1-9H3,(H2,95,101)(H,96,110)(H,97,109)(H,98,111)(H2,94,99,100)/b12-10+,18-11+,60-19+,63-51+/t59-,61-,62-,64-,65+,68+,69-,71+,72+,75+,76+,77-,84-,85+,92-/m1/s1. The maximum atomic E-state index is 14.8. The number of nitrogens with zero attached hydrogens (tertiary/aromatic N) is 9. The molecular weight excluding hydrogens is 1680 g/mol. The van der Waals surface area contributed by atoms with Crippen LogP contribution in [0.2, 0.25) is 0 Å². The molecule has 9 rings (SSSR count). The second-order valence-corrected chi connectivity index (χ2v) is 34.1. The highest BCUT2D eigenvalue weighted by Gasteiger charge is 2.53. The minimum atomic E-state index is -2.50. The largest absolute Gasteiger partial charge is 0.459 e. The minimum absolute atomic E-state index is 0.0182. The van der Waals surface area contributed by atoms with Gasteiger partial charge in [0.25, 0.3) is 17.7 Å². The van der Waals surface area contributed by atoms with E-state index in [-0.39, 0.29) is 118 Å². The molecule has 0 spiro atoms. The number of Topliss-reactive ketones (excluding diaryl/α,β-unsaturated/α-hetero) is 3. The van der Waals surface area contributed by atoms with Crippen molar-refractivity contribution >= 4 is 80.9 Å². The highest BCUT2D eigenvalue weighted by atomic mass is 16.6. The van der Waals surface area contributed by atoms with Gasteiger partial charge < -0.3 is 110 Å². The Bertz CT molecular complexity index is 4530. The second-order valence-electron chi connectivity index (χ2n) is 34.1. The van der Waals surface area contributed by atoms with Gasteiger partial charge in [-0.2, -0.15) is 10.1 Å². The summed E-state index contributed by atoms with van der Waals surface area (Å²) in [5.41, 5.74) is 24.2. The van der Waals surface area contributed by atoms with Crippen molar-refractivity contribution in [1.82, 2.24) is 60.6 Å². The Balaban J connectivity index is 0.593. The molecule has 3 fully saturated rings. The zero-order chi connectivity index (χ0) is 93.5. The number of oxazole rings is 1. The average molecular weight is 1820 g/mol. The Hall–Kier alpha value is -9.26. The van der Waals surface area contributed by atoms with Crippen molar-refractivity contribution in [1.29, 1.82) is 0 Å². The molecule has 130 heavy (non-hydrogen) atoms. The number of methoxy groups -OCH3 is 3. The average Bonchev–Trinajstić information content (AvgIpc) is 0.944. The zero-order valence-electron chi connectivity index (χ0n) is 77.0. The fourth-order valence-electron chi connectivity index (χ4n) is 16.7. The zero-order valence-corrected chi connectivity index (χ0v) is 77.0. The molecule has 15 atom stereocenters. The molecule has 4 aliphatic rings. The number of hydrogen-bond donors (Lipinski definition) is 8. The Morgan fingerprint density at radius 3 is 2.02 bits per heavy atom. The van der Waals surface area contributed by atoms with Crippen LogP contribution in [0.5, 0.6) is 0 Å². The molecule has 4 aromatic heterocycles. The Morgan fingerprint density at radius 2 is 1.35 bits per heavy atom. The molecule has 38 heteroatoms. The molecule has 720 valence electrons. The van der Waals surface area contributed by atoms with E-state index in [4.69, 9.17) is 83.6 Å². The molecule has 1 aromatic carbocycles. The number of aliphatic hydroxyl groups excluding tert-OH is 1. The monoisotopic (exact) mass is 1820 g/mol. The number of aryl methyl sites for hydroxylation is 2. The first-order valence-electron chi connectivity index (χ1n) is 45.8. The lowest BCUT2D eigenvalue weighted by atomic mass is 9.79. The number of unbranched alkanes of at least 4 members (excludes halogenated alkanes) is 1. The van der Waals surface area contributed by atoms with Crippen LogP contribution in [-0.2, 0) is 108 Å². The van der Waals surface area contributed by atoms with Crippen molar-refractivity contribution in [2.24, 2.45) is 35.3 Å². The number of allylic oxidation sites excluding steroid dienone is 6. The predicted molar refractivity (Wildman–Crippen MR) is 480 cm³/mol. The van der Waals surface area contributed by atoms with Crippen molar-refractivity contribution in [3.63, 3.8) is 0 Å². The molecule has 1 aliphatic carbocycles. The summed E-state index contributed by atoms with van der Waals surface area (Å²) in [5.74, 6) is -8.59. The van der Waals surface area contributed by atoms with Gasteiger partial charge in [-0.1, -0.05) is 69.4 Å². The third kappa shape index (κ3) is 32.3. The summed E-state index contributed by atoms with van der Waals surface area (Å²) in [5, 5.41) is 46.8. The van der Waals surface area contributed by atoms with Gasteiger partial charge in [0.05, 0.1) is 128 Å². The number of benzene rings is 1. The third-order valence-electron chi connectivity index (χ3n) is 24.3. The van der Waals surface area contributed by atoms with Crippen LogP contribution < -0.4 is 33.2 Å². The minimum Gasteiger partial charge on any atom is -0.459 e. The van der Waals surface area contributed by atoms with E-state index in [1.807, 2.05) is 62.6 Å². The number of nitrogen functional groups attached to an aromatic ring is 2. The number of nitrogens with one attached hydrogen (secondary N) is 3. The number of piperidine rings is 1. The molecule has 2 saturated heterocycles. The number of amides is 4. The summed E-state index contributed by atoms with van der Waals surface area (Å²) in [4.78, 5) is 124. The highest BCUT2D eigenvalue weighted by molar-refractivity contribution is 6.39. The van der Waals surface area contributed by atoms with Crippen LogP contribution in [0.15, 0.2) is 82.7 Å². The van der Waals surface area contributed by atoms with Gasteiger partial charge in [0, 0.05) is 122 Å². The first-order valence-corrected chi connectivity index (χ1v) is 45.8. The molecule has 38 nitrogen and oxygen atoms in total. The molecule has 2 bridgehead atoms. The van der Waals surface area contributed by atoms with Gasteiger partial charge in [-0.15, -0.1) is 5.10 Å². The van der Waals surface area contributed by atoms with E-state index < -0.39 is 83.8 Å². The quantitative estimate of drug-likeness (QED) is 0.00892. The molecule has 0 radical (unpaired) electrons. The van der Waals surface area contributed by atoms with E-state index in [1.165, 1.54) is 13.4 Å². The summed E-state index contributed by atoms with van der Waals surface area (Å²) in [7, 11) is 4.55. The smallest absolute Gasteiger partial charge is 0.329 e. The number of ketones is 3. The fraction of sp³-hybridized carbons (Fsp3) is 0.674. The topological polar surface area (TPSA) is 506 Å². The molecule has 3 aliphatic heterocycles. The number of esters is 1. The van der Waals surface area contributed by atoms with Gasteiger partial charge in [-0.3, -0.25) is 33.6 Å². The summed E-state index contributed by atoms with van der Waals surface area (Å²) < 4.78 is 78.1. The summed E-state index contributed by atoms with van der Waals surface area (Å²) in [6, 6.07) is 3.19. The molecule has 0 unspecified atom stereocenters. The van der Waals surface area contributed by atoms with Crippen LogP contribution in [0.25, 0.3) is 33.4 Å². The number of anilines is 2. The second kappa shape index (κ2) is 54.7. The Morgan fingerprint density at radius 1 is 0.700 bits per heavy atom. The Labute approximate surface area is 760 Å². The number of aromatic nitrogens is 8. The molecule has 1 saturated carbocycles. The lowest BCUT2D eigenvalue weighted by Crippen LogP contribution is -2.61. The Kier molecular flexibility index (Phi) is 43.9. The van der Waals surface area contributed by atoms with Crippen molar-refractivity contribution < 1.29 is 110 Å². The number of ether oxygens (including phenoxy) is 12. The van der Waals surface area contributed by atoms with Crippen LogP contribution in [0, 0.1) is 29.6 Å². The fourth-order valence-corrected chi connectivity index (χ4v) is 16.7. The van der Waals surface area contributed by atoms with Gasteiger partial charge in [0.15, 0.2) is 17.0 Å². The number of rotatable bonds is 44. The van der Waals surface area contributed by atoms with Gasteiger partial charge >= 0.3 is 5.97 Å².